The molecule has 2 N–H and O–H groups in total. The van der Waals surface area contributed by atoms with Gasteiger partial charge in [-0.1, -0.05) is 30.3 Å². The molecule has 0 aliphatic carbocycles. The number of imide groups is 1. The predicted octanol–water partition coefficient (Wildman–Crippen LogP) is 1.30. The third-order valence-electron chi connectivity index (χ3n) is 3.39. The van der Waals surface area contributed by atoms with Crippen molar-refractivity contribution in [1.82, 2.24) is 5.32 Å². The van der Waals surface area contributed by atoms with E-state index < -0.39 is 11.9 Å². The number of rotatable bonds is 4. The second kappa shape index (κ2) is 5.65. The smallest absolute Gasteiger partial charge is 0.303 e. The minimum atomic E-state index is -0.934. The Balaban J connectivity index is 2.22. The van der Waals surface area contributed by atoms with Crippen LogP contribution in [0.15, 0.2) is 30.3 Å². The number of amides is 2. The molecule has 2 atom stereocenters. The largest absolute Gasteiger partial charge is 0.481 e. The zero-order valence-corrected chi connectivity index (χ0v) is 10.3. The van der Waals surface area contributed by atoms with Crippen molar-refractivity contribution in [3.8, 4) is 0 Å². The SMILES string of the molecule is O=C(O)CC[C@H]1C(=O)NC(=O)C[C@@H]1c1ccccc1. The van der Waals surface area contributed by atoms with E-state index in [1.807, 2.05) is 30.3 Å². The lowest BCUT2D eigenvalue weighted by Gasteiger charge is -2.30. The first kappa shape index (κ1) is 13.3. The zero-order chi connectivity index (χ0) is 13.8. The minimum Gasteiger partial charge on any atom is -0.481 e. The standard InChI is InChI=1S/C14H15NO4/c16-12-8-11(9-4-2-1-3-5-9)10(14(19)15-12)6-7-13(17)18/h1-5,10-11H,6-8H2,(H,17,18)(H,15,16,19)/t10-,11-/m1/s1. The highest BCUT2D eigenvalue weighted by Gasteiger charge is 2.36. The summed E-state index contributed by atoms with van der Waals surface area (Å²) in [5.41, 5.74) is 0.904. The normalized spacial score (nSPS) is 22.9. The lowest BCUT2D eigenvalue weighted by Crippen LogP contribution is -2.44. The van der Waals surface area contributed by atoms with E-state index >= 15 is 0 Å². The number of piperidine rings is 1. The molecule has 0 saturated carbocycles. The van der Waals surface area contributed by atoms with Gasteiger partial charge in [0.1, 0.15) is 0 Å². The Labute approximate surface area is 110 Å². The van der Waals surface area contributed by atoms with Crippen LogP contribution in [0.2, 0.25) is 0 Å². The Morgan fingerprint density at radius 2 is 1.95 bits per heavy atom. The van der Waals surface area contributed by atoms with Crippen LogP contribution in [-0.4, -0.2) is 22.9 Å². The lowest BCUT2D eigenvalue weighted by atomic mass is 9.78. The van der Waals surface area contributed by atoms with Crippen LogP contribution in [-0.2, 0) is 14.4 Å². The van der Waals surface area contributed by atoms with Crippen molar-refractivity contribution in [2.24, 2.45) is 5.92 Å². The number of hydrogen-bond acceptors (Lipinski definition) is 3. The van der Waals surface area contributed by atoms with Gasteiger partial charge in [-0.3, -0.25) is 19.7 Å². The van der Waals surface area contributed by atoms with Crippen molar-refractivity contribution in [3.05, 3.63) is 35.9 Å². The first-order valence-corrected chi connectivity index (χ1v) is 6.18. The molecule has 5 nitrogen and oxygen atoms in total. The summed E-state index contributed by atoms with van der Waals surface area (Å²) >= 11 is 0. The molecule has 1 aromatic rings. The summed E-state index contributed by atoms with van der Waals surface area (Å²) in [5.74, 6) is -2.30. The monoisotopic (exact) mass is 261 g/mol. The minimum absolute atomic E-state index is 0.0738. The quantitative estimate of drug-likeness (QED) is 0.800. The van der Waals surface area contributed by atoms with Crippen molar-refractivity contribution in [3.63, 3.8) is 0 Å². The van der Waals surface area contributed by atoms with Crippen LogP contribution in [0.25, 0.3) is 0 Å². The molecule has 1 saturated heterocycles. The van der Waals surface area contributed by atoms with E-state index in [-0.39, 0.29) is 37.0 Å². The molecule has 0 unspecified atom stereocenters. The summed E-state index contributed by atoms with van der Waals surface area (Å²) in [6.07, 6.45) is 0.393. The number of nitrogens with one attached hydrogen (secondary N) is 1. The fraction of sp³-hybridized carbons (Fsp3) is 0.357. The Morgan fingerprint density at radius 1 is 1.26 bits per heavy atom. The molecule has 1 aliphatic rings. The van der Waals surface area contributed by atoms with Crippen molar-refractivity contribution < 1.29 is 19.5 Å². The maximum Gasteiger partial charge on any atom is 0.303 e. The molecule has 2 rings (SSSR count). The molecule has 0 radical (unpaired) electrons. The highest BCUT2D eigenvalue weighted by molar-refractivity contribution is 6.00. The molecule has 19 heavy (non-hydrogen) atoms. The highest BCUT2D eigenvalue weighted by atomic mass is 16.4. The van der Waals surface area contributed by atoms with E-state index in [2.05, 4.69) is 5.32 Å². The number of carbonyl (C=O) groups excluding carboxylic acids is 2. The predicted molar refractivity (Wildman–Crippen MR) is 67.3 cm³/mol. The number of aliphatic carboxylic acids is 1. The van der Waals surface area contributed by atoms with E-state index in [9.17, 15) is 14.4 Å². The van der Waals surface area contributed by atoms with Gasteiger partial charge in [0.25, 0.3) is 0 Å². The van der Waals surface area contributed by atoms with Gasteiger partial charge in [0.05, 0.1) is 0 Å². The second-order valence-corrected chi connectivity index (χ2v) is 4.67. The Bertz CT molecular complexity index is 497. The van der Waals surface area contributed by atoms with Gasteiger partial charge in [-0.2, -0.15) is 0 Å². The van der Waals surface area contributed by atoms with E-state index in [1.165, 1.54) is 0 Å². The maximum atomic E-state index is 11.9. The molecular formula is C14H15NO4. The van der Waals surface area contributed by atoms with E-state index in [0.717, 1.165) is 5.56 Å². The van der Waals surface area contributed by atoms with Crippen molar-refractivity contribution in [2.75, 3.05) is 0 Å². The van der Waals surface area contributed by atoms with Crippen LogP contribution in [0.1, 0.15) is 30.7 Å². The average Bonchev–Trinajstić information content (AvgIpc) is 2.37. The summed E-state index contributed by atoms with van der Waals surface area (Å²) in [7, 11) is 0. The molecule has 1 heterocycles. The van der Waals surface area contributed by atoms with Crippen LogP contribution in [0.3, 0.4) is 0 Å². The Morgan fingerprint density at radius 3 is 2.58 bits per heavy atom. The molecule has 0 spiro atoms. The molecule has 2 amide bonds. The molecular weight excluding hydrogens is 246 g/mol. The first-order chi connectivity index (χ1) is 9.08. The van der Waals surface area contributed by atoms with Gasteiger partial charge < -0.3 is 5.11 Å². The topological polar surface area (TPSA) is 83.5 Å². The number of benzene rings is 1. The van der Waals surface area contributed by atoms with Crippen LogP contribution >= 0.6 is 0 Å². The van der Waals surface area contributed by atoms with Gasteiger partial charge in [0, 0.05) is 24.7 Å². The number of hydrogen-bond donors (Lipinski definition) is 2. The fourth-order valence-electron chi connectivity index (χ4n) is 2.47. The average molecular weight is 261 g/mol. The van der Waals surface area contributed by atoms with E-state index in [4.69, 9.17) is 5.11 Å². The van der Waals surface area contributed by atoms with Crippen molar-refractivity contribution >= 4 is 17.8 Å². The van der Waals surface area contributed by atoms with Gasteiger partial charge in [-0.15, -0.1) is 0 Å². The van der Waals surface area contributed by atoms with Crippen LogP contribution < -0.4 is 5.32 Å². The maximum absolute atomic E-state index is 11.9. The summed E-state index contributed by atoms with van der Waals surface area (Å²) in [5, 5.41) is 11.0. The van der Waals surface area contributed by atoms with Crippen LogP contribution in [0.5, 0.6) is 0 Å². The molecule has 5 heteroatoms. The van der Waals surface area contributed by atoms with E-state index in [0.29, 0.717) is 0 Å². The van der Waals surface area contributed by atoms with Gasteiger partial charge >= 0.3 is 5.97 Å². The molecule has 0 aromatic heterocycles. The Hall–Kier alpha value is -2.17. The summed E-state index contributed by atoms with van der Waals surface area (Å²) < 4.78 is 0. The molecule has 1 aromatic carbocycles. The summed E-state index contributed by atoms with van der Waals surface area (Å²) in [4.78, 5) is 34.0. The van der Waals surface area contributed by atoms with Crippen LogP contribution in [0.4, 0.5) is 0 Å². The molecule has 1 aliphatic heterocycles. The number of carboxylic acids is 1. The third-order valence-corrected chi connectivity index (χ3v) is 3.39. The highest BCUT2D eigenvalue weighted by Crippen LogP contribution is 2.34. The van der Waals surface area contributed by atoms with Gasteiger partial charge in [0.2, 0.25) is 11.8 Å². The molecule has 100 valence electrons. The first-order valence-electron chi connectivity index (χ1n) is 6.18. The fourth-order valence-corrected chi connectivity index (χ4v) is 2.47. The van der Waals surface area contributed by atoms with Gasteiger partial charge in [-0.05, 0) is 12.0 Å². The summed E-state index contributed by atoms with van der Waals surface area (Å²) in [6.45, 7) is 0. The van der Waals surface area contributed by atoms with Gasteiger partial charge in [0.15, 0.2) is 0 Å². The Kier molecular flexibility index (Phi) is 3.94. The number of carboxylic acid groups (broad SMARTS) is 1. The molecule has 0 bridgehead atoms. The van der Waals surface area contributed by atoms with Crippen LogP contribution in [0, 0.1) is 5.92 Å². The van der Waals surface area contributed by atoms with E-state index in [1.54, 1.807) is 0 Å². The second-order valence-electron chi connectivity index (χ2n) is 4.67. The van der Waals surface area contributed by atoms with Gasteiger partial charge in [-0.25, -0.2) is 0 Å². The van der Waals surface area contributed by atoms with Crippen molar-refractivity contribution in [2.45, 2.75) is 25.2 Å². The number of carbonyl (C=O) groups is 3. The third kappa shape index (κ3) is 3.19. The van der Waals surface area contributed by atoms with Crippen molar-refractivity contribution in [1.29, 1.82) is 0 Å². The zero-order valence-electron chi connectivity index (χ0n) is 10.3. The summed E-state index contributed by atoms with van der Waals surface area (Å²) in [6, 6.07) is 9.29. The lowest BCUT2D eigenvalue weighted by molar-refractivity contribution is -0.139. The molecule has 1 fully saturated rings.